The average molecular weight is 396 g/mol. The molecule has 1 N–H and O–H groups in total. The van der Waals surface area contributed by atoms with Gasteiger partial charge in [-0.2, -0.15) is 0 Å². The number of halogens is 1. The zero-order valence-corrected chi connectivity index (χ0v) is 16.4. The number of nitrogens with zero attached hydrogens (tertiary/aromatic N) is 1. The fourth-order valence-corrected chi connectivity index (χ4v) is 5.23. The number of sulfone groups is 1. The Morgan fingerprint density at radius 3 is 2.42 bits per heavy atom. The first-order valence-corrected chi connectivity index (χ1v) is 10.4. The van der Waals surface area contributed by atoms with Crippen molar-refractivity contribution in [3.63, 3.8) is 0 Å². The quantitative estimate of drug-likeness (QED) is 0.810. The number of aryl methyl sites for hydroxylation is 1. The molecule has 1 saturated heterocycles. The highest BCUT2D eigenvalue weighted by Crippen LogP contribution is 2.25. The number of aromatic hydroxyl groups is 1. The molecule has 0 spiro atoms. The van der Waals surface area contributed by atoms with Crippen LogP contribution in [0.5, 0.6) is 5.75 Å². The van der Waals surface area contributed by atoms with Gasteiger partial charge in [0.05, 0.1) is 10.1 Å². The normalized spacial score (nSPS) is 18.2. The summed E-state index contributed by atoms with van der Waals surface area (Å²) >= 11 is 0. The smallest absolute Gasteiger partial charge is 0.182 e. The van der Waals surface area contributed by atoms with Crippen molar-refractivity contribution in [1.82, 2.24) is 4.90 Å². The Bertz CT molecular complexity index is 778. The number of rotatable bonds is 6. The largest absolute Gasteiger partial charge is 0.508 e. The van der Waals surface area contributed by atoms with Crippen molar-refractivity contribution in [3.05, 3.63) is 60.2 Å². The second-order valence-electron chi connectivity index (χ2n) is 6.69. The Balaban J connectivity index is 0.00000243. The zero-order valence-electron chi connectivity index (χ0n) is 14.8. The Hall–Kier alpha value is -1.56. The number of hydrogen-bond donors (Lipinski definition) is 1. The molecule has 0 aromatic heterocycles. The maximum atomic E-state index is 12.8. The summed E-state index contributed by atoms with van der Waals surface area (Å²) in [4.78, 5) is 2.58. The van der Waals surface area contributed by atoms with Crippen molar-refractivity contribution in [2.45, 2.75) is 35.8 Å². The van der Waals surface area contributed by atoms with Crippen LogP contribution in [0.4, 0.5) is 0 Å². The minimum absolute atomic E-state index is 0. The first-order valence-electron chi connectivity index (χ1n) is 8.85. The minimum atomic E-state index is -3.34. The van der Waals surface area contributed by atoms with Gasteiger partial charge in [0.15, 0.2) is 9.84 Å². The summed E-state index contributed by atoms with van der Waals surface area (Å²) in [5, 5.41) is 9.00. The van der Waals surface area contributed by atoms with Gasteiger partial charge in [0.1, 0.15) is 5.75 Å². The molecule has 0 aliphatic carbocycles. The van der Waals surface area contributed by atoms with E-state index in [1.54, 1.807) is 0 Å². The first kappa shape index (κ1) is 20.7. The van der Waals surface area contributed by atoms with E-state index in [4.69, 9.17) is 0 Å². The highest BCUT2D eigenvalue weighted by Gasteiger charge is 2.31. The Morgan fingerprint density at radius 2 is 1.73 bits per heavy atom. The third kappa shape index (κ3) is 5.22. The summed E-state index contributed by atoms with van der Waals surface area (Å²) in [6, 6.07) is 16.3. The van der Waals surface area contributed by atoms with Crippen molar-refractivity contribution in [2.75, 3.05) is 19.6 Å². The molecular formula is C20H26ClNO3S. The number of phenols is 1. The van der Waals surface area contributed by atoms with Gasteiger partial charge >= 0.3 is 0 Å². The van der Waals surface area contributed by atoms with E-state index < -0.39 is 9.84 Å². The van der Waals surface area contributed by atoms with Crippen LogP contribution in [0.1, 0.15) is 24.8 Å². The number of likely N-dealkylation sites (tertiary alicyclic amines) is 1. The average Bonchev–Trinajstić information content (AvgIpc) is 2.63. The SMILES string of the molecule is Cl.O=S(=O)(c1ccc(O)cc1)C1CCCN(CCCc2ccccc2)C1. The van der Waals surface area contributed by atoms with Gasteiger partial charge in [0, 0.05) is 6.54 Å². The summed E-state index contributed by atoms with van der Waals surface area (Å²) < 4.78 is 25.7. The predicted octanol–water partition coefficient (Wildman–Crippen LogP) is 3.68. The molecule has 3 rings (SSSR count). The molecule has 1 heterocycles. The summed E-state index contributed by atoms with van der Waals surface area (Å²) in [6.07, 6.45) is 3.68. The van der Waals surface area contributed by atoms with E-state index in [9.17, 15) is 13.5 Å². The zero-order chi connectivity index (χ0) is 17.7. The van der Waals surface area contributed by atoms with Gasteiger partial charge in [-0.3, -0.25) is 0 Å². The molecule has 0 radical (unpaired) electrons. The molecule has 26 heavy (non-hydrogen) atoms. The molecule has 6 heteroatoms. The van der Waals surface area contributed by atoms with Crippen molar-refractivity contribution in [2.24, 2.45) is 0 Å². The molecule has 0 bridgehead atoms. The van der Waals surface area contributed by atoms with Crippen molar-refractivity contribution < 1.29 is 13.5 Å². The van der Waals surface area contributed by atoms with Crippen LogP contribution < -0.4 is 0 Å². The minimum Gasteiger partial charge on any atom is -0.508 e. The van der Waals surface area contributed by atoms with Crippen LogP contribution in [-0.4, -0.2) is 43.3 Å². The number of phenolic OH excluding ortho intramolecular Hbond substituents is 1. The fraction of sp³-hybridized carbons (Fsp3) is 0.400. The van der Waals surface area contributed by atoms with E-state index in [0.29, 0.717) is 17.9 Å². The molecule has 2 aromatic rings. The topological polar surface area (TPSA) is 57.6 Å². The standard InChI is InChI=1S/C20H25NO3S.ClH/c22-18-10-12-19(13-11-18)25(23,24)20-9-5-15-21(16-20)14-4-8-17-6-2-1-3-7-17;/h1-3,6-7,10-13,20,22H,4-5,8-9,14-16H2;1H. The lowest BCUT2D eigenvalue weighted by Crippen LogP contribution is -2.42. The van der Waals surface area contributed by atoms with Crippen LogP contribution >= 0.6 is 12.4 Å². The maximum absolute atomic E-state index is 12.8. The van der Waals surface area contributed by atoms with Crippen LogP contribution in [0.2, 0.25) is 0 Å². The highest BCUT2D eigenvalue weighted by molar-refractivity contribution is 7.92. The summed E-state index contributed by atoms with van der Waals surface area (Å²) in [6.45, 7) is 2.49. The second kappa shape index (κ2) is 9.40. The van der Waals surface area contributed by atoms with Crippen LogP contribution in [0.25, 0.3) is 0 Å². The van der Waals surface area contributed by atoms with Crippen LogP contribution in [0.15, 0.2) is 59.5 Å². The summed E-state index contributed by atoms with van der Waals surface area (Å²) in [7, 11) is -3.34. The van der Waals surface area contributed by atoms with Crippen molar-refractivity contribution in [3.8, 4) is 5.75 Å². The molecule has 1 aliphatic rings. The van der Waals surface area contributed by atoms with Crippen LogP contribution in [-0.2, 0) is 16.3 Å². The van der Waals surface area contributed by atoms with Gasteiger partial charge in [-0.1, -0.05) is 30.3 Å². The second-order valence-corrected chi connectivity index (χ2v) is 8.92. The molecule has 1 aliphatic heterocycles. The summed E-state index contributed by atoms with van der Waals surface area (Å²) in [5.74, 6) is 0.0881. The Labute approximate surface area is 162 Å². The molecule has 2 aromatic carbocycles. The van der Waals surface area contributed by atoms with Gasteiger partial charge < -0.3 is 10.0 Å². The molecule has 1 fully saturated rings. The van der Waals surface area contributed by atoms with Gasteiger partial charge in [-0.25, -0.2) is 8.42 Å². The van der Waals surface area contributed by atoms with E-state index in [2.05, 4.69) is 29.2 Å². The molecule has 1 unspecified atom stereocenters. The lowest BCUT2D eigenvalue weighted by Gasteiger charge is -2.32. The van der Waals surface area contributed by atoms with Gasteiger partial charge in [-0.05, 0) is 68.6 Å². The third-order valence-corrected chi connectivity index (χ3v) is 7.04. The molecular weight excluding hydrogens is 370 g/mol. The van der Waals surface area contributed by atoms with Crippen molar-refractivity contribution in [1.29, 1.82) is 0 Å². The van der Waals surface area contributed by atoms with Crippen molar-refractivity contribution >= 4 is 22.2 Å². The summed E-state index contributed by atoms with van der Waals surface area (Å²) in [5.41, 5.74) is 1.33. The lowest BCUT2D eigenvalue weighted by atomic mass is 10.1. The van der Waals surface area contributed by atoms with Gasteiger partial charge in [0.25, 0.3) is 0 Å². The van der Waals surface area contributed by atoms with Gasteiger partial charge in [0.2, 0.25) is 0 Å². The predicted molar refractivity (Wildman–Crippen MR) is 107 cm³/mol. The van der Waals surface area contributed by atoms with E-state index in [1.165, 1.54) is 29.8 Å². The molecule has 4 nitrogen and oxygen atoms in total. The maximum Gasteiger partial charge on any atom is 0.182 e. The Morgan fingerprint density at radius 1 is 1.04 bits per heavy atom. The Kier molecular flexibility index (Phi) is 7.50. The monoisotopic (exact) mass is 395 g/mol. The molecule has 142 valence electrons. The molecule has 0 amide bonds. The van der Waals surface area contributed by atoms with E-state index in [0.717, 1.165) is 32.4 Å². The highest BCUT2D eigenvalue weighted by atomic mass is 35.5. The van der Waals surface area contributed by atoms with Crippen LogP contribution in [0, 0.1) is 0 Å². The first-order chi connectivity index (χ1) is 12.1. The fourth-order valence-electron chi connectivity index (χ4n) is 3.45. The lowest BCUT2D eigenvalue weighted by molar-refractivity contribution is 0.228. The number of piperidine rings is 1. The third-order valence-electron chi connectivity index (χ3n) is 4.85. The number of benzene rings is 2. The number of hydrogen-bond acceptors (Lipinski definition) is 4. The van der Waals surface area contributed by atoms with E-state index in [-0.39, 0.29) is 23.4 Å². The van der Waals surface area contributed by atoms with Crippen LogP contribution in [0.3, 0.4) is 0 Å². The molecule has 1 atom stereocenters. The van der Waals surface area contributed by atoms with E-state index in [1.807, 2.05) is 6.07 Å². The van der Waals surface area contributed by atoms with E-state index >= 15 is 0 Å². The molecule has 0 saturated carbocycles. The van der Waals surface area contributed by atoms with Gasteiger partial charge in [-0.15, -0.1) is 12.4 Å².